The molecule has 2 aromatic rings. The number of carbonyl (C=O) groups is 1. The molecular weight excluding hydrogens is 290 g/mol. The molecule has 0 fully saturated rings. The molecule has 2 N–H and O–H groups in total. The fourth-order valence-electron chi connectivity index (χ4n) is 2.27. The molecular formula is C19H23NO3. The lowest BCUT2D eigenvalue weighted by molar-refractivity contribution is -0.168. The Morgan fingerprint density at radius 1 is 1.04 bits per heavy atom. The van der Waals surface area contributed by atoms with Crippen LogP contribution in [0, 0.1) is 0 Å². The number of benzene rings is 2. The highest BCUT2D eigenvalue weighted by atomic mass is 16.7. The average molecular weight is 313 g/mol. The van der Waals surface area contributed by atoms with Crippen LogP contribution in [0.3, 0.4) is 0 Å². The molecule has 2 unspecified atom stereocenters. The number of ether oxygens (including phenoxy) is 2. The summed E-state index contributed by atoms with van der Waals surface area (Å²) >= 11 is 0. The highest BCUT2D eigenvalue weighted by Gasteiger charge is 2.16. The fraction of sp³-hybridized carbons (Fsp3) is 0.316. The van der Waals surface area contributed by atoms with E-state index in [0.717, 1.165) is 11.1 Å². The Labute approximate surface area is 137 Å². The maximum atomic E-state index is 10.9. The van der Waals surface area contributed by atoms with Gasteiger partial charge < -0.3 is 15.2 Å². The highest BCUT2D eigenvalue weighted by Crippen LogP contribution is 2.20. The molecule has 0 aromatic heterocycles. The molecule has 0 saturated heterocycles. The van der Waals surface area contributed by atoms with Gasteiger partial charge in [0.25, 0.3) is 0 Å². The minimum atomic E-state index is -0.424. The van der Waals surface area contributed by atoms with Crippen LogP contribution in [-0.2, 0) is 20.7 Å². The van der Waals surface area contributed by atoms with Crippen molar-refractivity contribution in [1.29, 1.82) is 0 Å². The average Bonchev–Trinajstić information content (AvgIpc) is 2.56. The molecule has 1 amide bonds. The first kappa shape index (κ1) is 17.2. The van der Waals surface area contributed by atoms with Crippen LogP contribution < -0.4 is 5.73 Å². The van der Waals surface area contributed by atoms with E-state index in [0.29, 0.717) is 6.42 Å². The van der Waals surface area contributed by atoms with Gasteiger partial charge >= 0.3 is 0 Å². The molecule has 0 aliphatic carbocycles. The summed E-state index contributed by atoms with van der Waals surface area (Å²) in [6.07, 6.45) is 0.288. The highest BCUT2D eigenvalue weighted by molar-refractivity contribution is 5.73. The van der Waals surface area contributed by atoms with Crippen LogP contribution in [0.4, 0.5) is 0 Å². The smallest absolute Gasteiger partial charge is 0.219 e. The Bertz CT molecular complexity index is 586. The summed E-state index contributed by atoms with van der Waals surface area (Å²) in [6, 6.07) is 20.0. The third kappa shape index (κ3) is 6.22. The molecule has 2 aromatic carbocycles. The third-order valence-corrected chi connectivity index (χ3v) is 3.52. The Hall–Kier alpha value is -2.17. The van der Waals surface area contributed by atoms with E-state index in [1.165, 1.54) is 0 Å². The number of carbonyl (C=O) groups excluding carboxylic acids is 1. The standard InChI is InChI=1S/C19H23NO3/c1-15(17-10-6-3-7-11-17)23-19(22-13-12-18(20)21)14-16-8-4-2-5-9-16/h2-11,15,19H,12-14H2,1H3,(H2,20,21). The molecule has 0 radical (unpaired) electrons. The number of hydrogen-bond acceptors (Lipinski definition) is 3. The molecule has 0 aliphatic heterocycles. The molecule has 0 saturated carbocycles. The summed E-state index contributed by atoms with van der Waals surface area (Å²) < 4.78 is 11.8. The van der Waals surface area contributed by atoms with Gasteiger partial charge in [0.1, 0.15) is 0 Å². The van der Waals surface area contributed by atoms with E-state index >= 15 is 0 Å². The summed E-state index contributed by atoms with van der Waals surface area (Å²) in [6.45, 7) is 2.25. The molecule has 0 heterocycles. The van der Waals surface area contributed by atoms with Crippen molar-refractivity contribution in [3.8, 4) is 0 Å². The van der Waals surface area contributed by atoms with Gasteiger partial charge in [-0.05, 0) is 18.1 Å². The fourth-order valence-corrected chi connectivity index (χ4v) is 2.27. The van der Waals surface area contributed by atoms with Crippen molar-refractivity contribution in [2.45, 2.75) is 32.2 Å². The number of amides is 1. The lowest BCUT2D eigenvalue weighted by Crippen LogP contribution is -2.24. The lowest BCUT2D eigenvalue weighted by Gasteiger charge is -2.23. The normalized spacial score (nSPS) is 13.4. The topological polar surface area (TPSA) is 61.6 Å². The first-order chi connectivity index (χ1) is 11.1. The van der Waals surface area contributed by atoms with Crippen LogP contribution in [0.1, 0.15) is 30.6 Å². The summed E-state index contributed by atoms with van der Waals surface area (Å²) in [7, 11) is 0. The second-order valence-electron chi connectivity index (χ2n) is 5.40. The van der Waals surface area contributed by atoms with Gasteiger partial charge in [-0.25, -0.2) is 0 Å². The number of primary amides is 1. The molecule has 4 nitrogen and oxygen atoms in total. The van der Waals surface area contributed by atoms with Crippen molar-refractivity contribution in [1.82, 2.24) is 0 Å². The first-order valence-electron chi connectivity index (χ1n) is 7.79. The van der Waals surface area contributed by atoms with Crippen LogP contribution in [0.25, 0.3) is 0 Å². The van der Waals surface area contributed by atoms with Gasteiger partial charge in [0.15, 0.2) is 6.29 Å². The van der Waals surface area contributed by atoms with Crippen molar-refractivity contribution < 1.29 is 14.3 Å². The van der Waals surface area contributed by atoms with Crippen LogP contribution in [0.2, 0.25) is 0 Å². The zero-order valence-corrected chi connectivity index (χ0v) is 13.4. The van der Waals surface area contributed by atoms with Crippen molar-refractivity contribution in [2.75, 3.05) is 6.61 Å². The predicted octanol–water partition coefficient (Wildman–Crippen LogP) is 3.23. The van der Waals surface area contributed by atoms with E-state index in [2.05, 4.69) is 0 Å². The van der Waals surface area contributed by atoms with Gasteiger partial charge in [0.2, 0.25) is 5.91 Å². The number of rotatable bonds is 9. The van der Waals surface area contributed by atoms with Crippen molar-refractivity contribution in [3.05, 3.63) is 71.8 Å². The minimum absolute atomic E-state index is 0.0986. The van der Waals surface area contributed by atoms with Crippen LogP contribution in [0.5, 0.6) is 0 Å². The molecule has 122 valence electrons. The summed E-state index contributed by atoms with van der Waals surface area (Å²) in [4.78, 5) is 10.9. The van der Waals surface area contributed by atoms with E-state index in [1.54, 1.807) is 0 Å². The second kappa shape index (κ2) is 9.08. The van der Waals surface area contributed by atoms with Gasteiger partial charge in [0, 0.05) is 12.8 Å². The SMILES string of the molecule is CC(OC(Cc1ccccc1)OCCC(N)=O)c1ccccc1. The maximum absolute atomic E-state index is 10.9. The van der Waals surface area contributed by atoms with E-state index in [4.69, 9.17) is 15.2 Å². The zero-order chi connectivity index (χ0) is 16.5. The Balaban J connectivity index is 1.98. The van der Waals surface area contributed by atoms with Gasteiger partial charge in [-0.1, -0.05) is 60.7 Å². The van der Waals surface area contributed by atoms with E-state index in [9.17, 15) is 4.79 Å². The van der Waals surface area contributed by atoms with E-state index in [1.807, 2.05) is 67.6 Å². The molecule has 2 atom stereocenters. The Morgan fingerprint density at radius 2 is 1.65 bits per heavy atom. The van der Waals surface area contributed by atoms with Gasteiger partial charge in [0.05, 0.1) is 12.7 Å². The molecule has 0 spiro atoms. The first-order valence-corrected chi connectivity index (χ1v) is 7.79. The molecule has 4 heteroatoms. The second-order valence-corrected chi connectivity index (χ2v) is 5.40. The zero-order valence-electron chi connectivity index (χ0n) is 13.4. The minimum Gasteiger partial charge on any atom is -0.370 e. The number of hydrogen-bond donors (Lipinski definition) is 1. The van der Waals surface area contributed by atoms with Crippen LogP contribution in [-0.4, -0.2) is 18.8 Å². The van der Waals surface area contributed by atoms with E-state index in [-0.39, 0.29) is 25.0 Å². The predicted molar refractivity (Wildman–Crippen MR) is 89.6 cm³/mol. The summed E-state index contributed by atoms with van der Waals surface area (Å²) in [5.41, 5.74) is 7.37. The summed E-state index contributed by atoms with van der Waals surface area (Å²) in [5, 5.41) is 0. The van der Waals surface area contributed by atoms with Crippen molar-refractivity contribution in [2.24, 2.45) is 5.73 Å². The van der Waals surface area contributed by atoms with Crippen LogP contribution >= 0.6 is 0 Å². The molecule has 0 bridgehead atoms. The van der Waals surface area contributed by atoms with Crippen molar-refractivity contribution >= 4 is 5.91 Å². The van der Waals surface area contributed by atoms with Gasteiger partial charge in [-0.2, -0.15) is 0 Å². The van der Waals surface area contributed by atoms with Gasteiger partial charge in [-0.3, -0.25) is 4.79 Å². The molecule has 0 aliphatic rings. The molecule has 2 rings (SSSR count). The lowest BCUT2D eigenvalue weighted by atomic mass is 10.1. The van der Waals surface area contributed by atoms with Crippen LogP contribution in [0.15, 0.2) is 60.7 Å². The third-order valence-electron chi connectivity index (χ3n) is 3.52. The maximum Gasteiger partial charge on any atom is 0.219 e. The van der Waals surface area contributed by atoms with E-state index < -0.39 is 6.29 Å². The van der Waals surface area contributed by atoms with Gasteiger partial charge in [-0.15, -0.1) is 0 Å². The largest absolute Gasteiger partial charge is 0.370 e. The summed E-state index contributed by atoms with van der Waals surface area (Å²) in [5.74, 6) is -0.375. The molecule has 23 heavy (non-hydrogen) atoms. The Kier molecular flexibility index (Phi) is 6.78. The monoisotopic (exact) mass is 313 g/mol. The Morgan fingerprint density at radius 3 is 2.26 bits per heavy atom. The van der Waals surface area contributed by atoms with Crippen molar-refractivity contribution in [3.63, 3.8) is 0 Å². The number of nitrogens with two attached hydrogens (primary N) is 1. The quantitative estimate of drug-likeness (QED) is 0.723.